The molecule has 0 unspecified atom stereocenters. The number of H-pyrrole nitrogens is 1. The van der Waals surface area contributed by atoms with E-state index in [4.69, 9.17) is 9.47 Å². The molecule has 1 aromatic heterocycles. The van der Waals surface area contributed by atoms with Crippen molar-refractivity contribution in [1.29, 1.82) is 0 Å². The summed E-state index contributed by atoms with van der Waals surface area (Å²) >= 11 is 0. The van der Waals surface area contributed by atoms with Crippen molar-refractivity contribution in [1.82, 2.24) is 10.4 Å². The van der Waals surface area contributed by atoms with Crippen LogP contribution in [0, 0.1) is 0 Å². The van der Waals surface area contributed by atoms with Crippen LogP contribution in [-0.2, 0) is 0 Å². The molecular weight excluding hydrogens is 306 g/mol. The van der Waals surface area contributed by atoms with Crippen molar-refractivity contribution < 1.29 is 14.3 Å². The number of hydrazone groups is 1. The van der Waals surface area contributed by atoms with Gasteiger partial charge in [-0.2, -0.15) is 5.10 Å². The second-order valence-electron chi connectivity index (χ2n) is 5.03. The van der Waals surface area contributed by atoms with Crippen LogP contribution in [0.1, 0.15) is 15.9 Å². The fraction of sp³-hybridized carbons (Fsp3) is 0.111. The molecule has 6 heteroatoms. The van der Waals surface area contributed by atoms with E-state index in [-0.39, 0.29) is 5.91 Å². The lowest BCUT2D eigenvalue weighted by atomic mass is 10.2. The molecule has 2 N–H and O–H groups in total. The van der Waals surface area contributed by atoms with Gasteiger partial charge in [0.15, 0.2) is 11.5 Å². The number of methoxy groups -OCH3 is 2. The largest absolute Gasteiger partial charge is 0.493 e. The SMILES string of the molecule is COc1cccc(/C=N\NC(=O)c2c[nH]c3ccccc23)c1OC. The van der Waals surface area contributed by atoms with Gasteiger partial charge in [-0.1, -0.05) is 24.3 Å². The number of ether oxygens (including phenoxy) is 2. The van der Waals surface area contributed by atoms with Crippen LogP contribution in [0.3, 0.4) is 0 Å². The molecule has 0 saturated heterocycles. The number of benzene rings is 2. The molecule has 122 valence electrons. The van der Waals surface area contributed by atoms with Crippen LogP contribution in [0.15, 0.2) is 53.8 Å². The fourth-order valence-corrected chi connectivity index (χ4v) is 2.49. The number of para-hydroxylation sites is 2. The van der Waals surface area contributed by atoms with E-state index < -0.39 is 0 Å². The average molecular weight is 323 g/mol. The van der Waals surface area contributed by atoms with Crippen LogP contribution in [0.5, 0.6) is 11.5 Å². The minimum Gasteiger partial charge on any atom is -0.493 e. The van der Waals surface area contributed by atoms with Gasteiger partial charge in [0.2, 0.25) is 0 Å². The van der Waals surface area contributed by atoms with Crippen LogP contribution in [0.4, 0.5) is 0 Å². The average Bonchev–Trinajstić information content (AvgIpc) is 3.05. The number of hydrogen-bond donors (Lipinski definition) is 2. The van der Waals surface area contributed by atoms with E-state index in [2.05, 4.69) is 15.5 Å². The van der Waals surface area contributed by atoms with Crippen molar-refractivity contribution in [2.75, 3.05) is 14.2 Å². The van der Waals surface area contributed by atoms with Crippen molar-refractivity contribution in [2.45, 2.75) is 0 Å². The summed E-state index contributed by atoms with van der Waals surface area (Å²) in [7, 11) is 3.12. The van der Waals surface area contributed by atoms with Crippen LogP contribution in [0.2, 0.25) is 0 Å². The first-order valence-corrected chi connectivity index (χ1v) is 7.35. The lowest BCUT2D eigenvalue weighted by Gasteiger charge is -2.09. The molecule has 1 amide bonds. The summed E-state index contributed by atoms with van der Waals surface area (Å²) < 4.78 is 10.6. The maximum Gasteiger partial charge on any atom is 0.273 e. The van der Waals surface area contributed by atoms with Gasteiger partial charge in [0.05, 0.1) is 26.0 Å². The zero-order valence-electron chi connectivity index (χ0n) is 13.4. The van der Waals surface area contributed by atoms with E-state index in [0.717, 1.165) is 10.9 Å². The number of aromatic amines is 1. The second kappa shape index (κ2) is 6.87. The van der Waals surface area contributed by atoms with Gasteiger partial charge >= 0.3 is 0 Å². The molecule has 3 aromatic rings. The molecule has 0 atom stereocenters. The Kier molecular flexibility index (Phi) is 4.47. The van der Waals surface area contributed by atoms with Gasteiger partial charge in [-0.15, -0.1) is 0 Å². The number of amides is 1. The summed E-state index contributed by atoms with van der Waals surface area (Å²) in [6, 6.07) is 13.0. The highest BCUT2D eigenvalue weighted by atomic mass is 16.5. The first kappa shape index (κ1) is 15.6. The predicted octanol–water partition coefficient (Wildman–Crippen LogP) is 2.95. The van der Waals surface area contributed by atoms with E-state index >= 15 is 0 Å². The number of carbonyl (C=O) groups excluding carboxylic acids is 1. The third-order valence-electron chi connectivity index (χ3n) is 3.64. The van der Waals surface area contributed by atoms with Crippen molar-refractivity contribution in [2.24, 2.45) is 5.10 Å². The minimum absolute atomic E-state index is 0.287. The topological polar surface area (TPSA) is 75.7 Å². The van der Waals surface area contributed by atoms with Crippen LogP contribution in [-0.4, -0.2) is 31.3 Å². The van der Waals surface area contributed by atoms with E-state index in [1.165, 1.54) is 6.21 Å². The second-order valence-corrected chi connectivity index (χ2v) is 5.03. The minimum atomic E-state index is -0.287. The first-order chi connectivity index (χ1) is 11.7. The van der Waals surface area contributed by atoms with Crippen molar-refractivity contribution in [3.63, 3.8) is 0 Å². The van der Waals surface area contributed by atoms with Crippen molar-refractivity contribution in [3.8, 4) is 11.5 Å². The first-order valence-electron chi connectivity index (χ1n) is 7.35. The van der Waals surface area contributed by atoms with Crippen molar-refractivity contribution in [3.05, 3.63) is 59.8 Å². The Hall–Kier alpha value is -3.28. The molecular formula is C18H17N3O3. The van der Waals surface area contributed by atoms with Gasteiger partial charge in [-0.05, 0) is 18.2 Å². The van der Waals surface area contributed by atoms with Crippen LogP contribution >= 0.6 is 0 Å². The number of hydrogen-bond acceptors (Lipinski definition) is 4. The zero-order chi connectivity index (χ0) is 16.9. The Balaban J connectivity index is 1.78. The molecule has 1 heterocycles. The van der Waals surface area contributed by atoms with Gasteiger partial charge in [-0.25, -0.2) is 5.43 Å². The zero-order valence-corrected chi connectivity index (χ0v) is 13.4. The maximum atomic E-state index is 12.3. The van der Waals surface area contributed by atoms with Crippen molar-refractivity contribution >= 4 is 23.0 Å². The molecule has 0 saturated carbocycles. The molecule has 2 aromatic carbocycles. The molecule has 0 bridgehead atoms. The number of aromatic nitrogens is 1. The maximum absolute atomic E-state index is 12.3. The lowest BCUT2D eigenvalue weighted by Crippen LogP contribution is -2.17. The number of nitrogens with one attached hydrogen (secondary N) is 2. The number of rotatable bonds is 5. The Bertz CT molecular complexity index is 899. The lowest BCUT2D eigenvalue weighted by molar-refractivity contribution is 0.0957. The van der Waals surface area contributed by atoms with Gasteiger partial charge < -0.3 is 14.5 Å². The molecule has 0 aliphatic carbocycles. The Morgan fingerprint density at radius 1 is 1.12 bits per heavy atom. The highest BCUT2D eigenvalue weighted by Crippen LogP contribution is 2.29. The quantitative estimate of drug-likeness (QED) is 0.560. The van der Waals surface area contributed by atoms with Gasteiger partial charge in [-0.3, -0.25) is 4.79 Å². The van der Waals surface area contributed by atoms with E-state index in [1.54, 1.807) is 26.5 Å². The van der Waals surface area contributed by atoms with Gasteiger partial charge in [0.25, 0.3) is 5.91 Å². The highest BCUT2D eigenvalue weighted by Gasteiger charge is 2.11. The standard InChI is InChI=1S/C18H17N3O3/c1-23-16-9-5-6-12(17(16)24-2)10-20-21-18(22)14-11-19-15-8-4-3-7-13(14)15/h3-11,19H,1-2H3,(H,21,22)/b20-10-. The van der Waals surface area contributed by atoms with Crippen LogP contribution in [0.25, 0.3) is 10.9 Å². The van der Waals surface area contributed by atoms with E-state index in [1.807, 2.05) is 36.4 Å². The molecule has 0 aliphatic heterocycles. The summed E-state index contributed by atoms with van der Waals surface area (Å²) in [5.41, 5.74) is 4.68. The van der Waals surface area contributed by atoms with Crippen LogP contribution < -0.4 is 14.9 Å². The summed E-state index contributed by atoms with van der Waals surface area (Å²) in [6.45, 7) is 0. The molecule has 0 aliphatic rings. The summed E-state index contributed by atoms with van der Waals surface area (Å²) in [6.07, 6.45) is 3.19. The Labute approximate surface area is 139 Å². The third-order valence-corrected chi connectivity index (χ3v) is 3.64. The molecule has 6 nitrogen and oxygen atoms in total. The third kappa shape index (κ3) is 2.94. The molecule has 24 heavy (non-hydrogen) atoms. The van der Waals surface area contributed by atoms with E-state index in [9.17, 15) is 4.79 Å². The monoisotopic (exact) mass is 323 g/mol. The molecule has 0 radical (unpaired) electrons. The smallest absolute Gasteiger partial charge is 0.273 e. The molecule has 3 rings (SSSR count). The van der Waals surface area contributed by atoms with E-state index in [0.29, 0.717) is 22.6 Å². The summed E-state index contributed by atoms with van der Waals surface area (Å²) in [4.78, 5) is 15.3. The molecule has 0 spiro atoms. The summed E-state index contributed by atoms with van der Waals surface area (Å²) in [5, 5.41) is 4.87. The molecule has 0 fully saturated rings. The van der Waals surface area contributed by atoms with Gasteiger partial charge in [0, 0.05) is 22.7 Å². The highest BCUT2D eigenvalue weighted by molar-refractivity contribution is 6.06. The summed E-state index contributed by atoms with van der Waals surface area (Å²) in [5.74, 6) is 0.875. The number of nitrogens with zero attached hydrogens (tertiary/aromatic N) is 1. The predicted molar refractivity (Wildman–Crippen MR) is 92.9 cm³/mol. The Morgan fingerprint density at radius 2 is 1.96 bits per heavy atom. The normalized spacial score (nSPS) is 10.9. The fourth-order valence-electron chi connectivity index (χ4n) is 2.49. The number of carbonyl (C=O) groups is 1. The van der Waals surface area contributed by atoms with Gasteiger partial charge in [0.1, 0.15) is 0 Å². The number of fused-ring (bicyclic) bond motifs is 1. The Morgan fingerprint density at radius 3 is 2.75 bits per heavy atom.